The van der Waals surface area contributed by atoms with Gasteiger partial charge in [-0.3, -0.25) is 0 Å². The number of aromatic nitrogens is 2. The van der Waals surface area contributed by atoms with Crippen LogP contribution >= 0.6 is 0 Å². The van der Waals surface area contributed by atoms with E-state index in [2.05, 4.69) is 20.0 Å². The SMILES string of the molecule is CCCNc1ncc(OC(=O)O)cn1. The van der Waals surface area contributed by atoms with Gasteiger partial charge in [0.15, 0.2) is 5.75 Å². The van der Waals surface area contributed by atoms with Crippen LogP contribution in [0.4, 0.5) is 10.7 Å². The average molecular weight is 197 g/mol. The van der Waals surface area contributed by atoms with E-state index >= 15 is 0 Å². The lowest BCUT2D eigenvalue weighted by atomic mass is 10.5. The van der Waals surface area contributed by atoms with Crippen molar-refractivity contribution in [3.05, 3.63) is 12.4 Å². The maximum atomic E-state index is 10.1. The topological polar surface area (TPSA) is 84.3 Å². The fraction of sp³-hybridized carbons (Fsp3) is 0.375. The van der Waals surface area contributed by atoms with E-state index in [0.717, 1.165) is 13.0 Å². The number of carbonyl (C=O) groups is 1. The first-order valence-corrected chi connectivity index (χ1v) is 4.19. The molecule has 0 radical (unpaired) electrons. The summed E-state index contributed by atoms with van der Waals surface area (Å²) < 4.78 is 4.34. The normalized spacial score (nSPS) is 9.50. The average Bonchev–Trinajstić information content (AvgIpc) is 2.16. The first kappa shape index (κ1) is 10.2. The van der Waals surface area contributed by atoms with E-state index in [1.807, 2.05) is 6.92 Å². The van der Waals surface area contributed by atoms with E-state index in [4.69, 9.17) is 5.11 Å². The van der Waals surface area contributed by atoms with Gasteiger partial charge in [-0.2, -0.15) is 0 Å². The molecule has 14 heavy (non-hydrogen) atoms. The van der Waals surface area contributed by atoms with Crippen molar-refractivity contribution in [1.29, 1.82) is 0 Å². The second kappa shape index (κ2) is 5.00. The summed E-state index contributed by atoms with van der Waals surface area (Å²) in [7, 11) is 0. The second-order valence-electron chi connectivity index (χ2n) is 2.54. The summed E-state index contributed by atoms with van der Waals surface area (Å²) >= 11 is 0. The van der Waals surface area contributed by atoms with Crippen molar-refractivity contribution in [2.24, 2.45) is 0 Å². The van der Waals surface area contributed by atoms with Crippen LogP contribution in [-0.4, -0.2) is 27.8 Å². The van der Waals surface area contributed by atoms with Gasteiger partial charge in [0.05, 0.1) is 12.4 Å². The van der Waals surface area contributed by atoms with Crippen molar-refractivity contribution in [3.8, 4) is 5.75 Å². The van der Waals surface area contributed by atoms with Crippen LogP contribution in [0, 0.1) is 0 Å². The molecule has 1 aromatic rings. The number of hydrogen-bond donors (Lipinski definition) is 2. The molecule has 0 amide bonds. The molecule has 2 N–H and O–H groups in total. The Hall–Kier alpha value is -1.85. The van der Waals surface area contributed by atoms with Crippen LogP contribution in [0.5, 0.6) is 5.75 Å². The van der Waals surface area contributed by atoms with Gasteiger partial charge in [-0.1, -0.05) is 6.92 Å². The third kappa shape index (κ3) is 3.26. The van der Waals surface area contributed by atoms with E-state index in [1.54, 1.807) is 0 Å². The van der Waals surface area contributed by atoms with E-state index in [-0.39, 0.29) is 5.75 Å². The Morgan fingerprint density at radius 1 is 1.57 bits per heavy atom. The highest BCUT2D eigenvalue weighted by Crippen LogP contribution is 2.08. The van der Waals surface area contributed by atoms with Crippen molar-refractivity contribution in [2.45, 2.75) is 13.3 Å². The maximum Gasteiger partial charge on any atom is 0.511 e. The molecule has 0 unspecified atom stereocenters. The molecule has 0 saturated heterocycles. The minimum Gasteiger partial charge on any atom is -0.449 e. The van der Waals surface area contributed by atoms with Gasteiger partial charge >= 0.3 is 6.16 Å². The van der Waals surface area contributed by atoms with Gasteiger partial charge < -0.3 is 15.2 Å². The third-order valence-corrected chi connectivity index (χ3v) is 1.37. The van der Waals surface area contributed by atoms with Crippen molar-refractivity contribution < 1.29 is 14.6 Å². The molecule has 1 rings (SSSR count). The molecule has 76 valence electrons. The first-order valence-electron chi connectivity index (χ1n) is 4.19. The van der Waals surface area contributed by atoms with Crippen molar-refractivity contribution >= 4 is 12.1 Å². The molecule has 0 aliphatic heterocycles. The minimum atomic E-state index is -1.37. The van der Waals surface area contributed by atoms with Gasteiger partial charge in [0.25, 0.3) is 0 Å². The number of nitrogens with one attached hydrogen (secondary N) is 1. The Bertz CT molecular complexity index is 299. The van der Waals surface area contributed by atoms with Gasteiger partial charge in [0.1, 0.15) is 0 Å². The molecular weight excluding hydrogens is 186 g/mol. The summed E-state index contributed by atoms with van der Waals surface area (Å²) in [4.78, 5) is 17.8. The summed E-state index contributed by atoms with van der Waals surface area (Å²) in [6.07, 6.45) is 2.21. The van der Waals surface area contributed by atoms with Gasteiger partial charge in [0.2, 0.25) is 5.95 Å². The number of anilines is 1. The highest BCUT2D eigenvalue weighted by atomic mass is 16.7. The zero-order chi connectivity index (χ0) is 10.4. The largest absolute Gasteiger partial charge is 0.511 e. The highest BCUT2D eigenvalue weighted by molar-refractivity contribution is 5.60. The number of rotatable bonds is 4. The lowest BCUT2D eigenvalue weighted by molar-refractivity contribution is 0.144. The number of nitrogens with zero attached hydrogens (tertiary/aromatic N) is 2. The zero-order valence-corrected chi connectivity index (χ0v) is 7.73. The molecule has 0 saturated carbocycles. The van der Waals surface area contributed by atoms with E-state index < -0.39 is 6.16 Å². The number of ether oxygens (including phenoxy) is 1. The van der Waals surface area contributed by atoms with Gasteiger partial charge in [0, 0.05) is 6.54 Å². The van der Waals surface area contributed by atoms with Crippen LogP contribution in [-0.2, 0) is 0 Å². The lowest BCUT2D eigenvalue weighted by Gasteiger charge is -2.02. The zero-order valence-electron chi connectivity index (χ0n) is 7.73. The van der Waals surface area contributed by atoms with E-state index in [9.17, 15) is 4.79 Å². The van der Waals surface area contributed by atoms with Gasteiger partial charge in [-0.05, 0) is 6.42 Å². The first-order chi connectivity index (χ1) is 6.72. The molecule has 0 aromatic carbocycles. The Morgan fingerprint density at radius 2 is 2.21 bits per heavy atom. The standard InChI is InChI=1S/C8H11N3O3/c1-2-3-9-7-10-4-6(5-11-7)14-8(12)13/h4-5H,2-3H2,1H3,(H,12,13)(H,9,10,11). The fourth-order valence-corrected chi connectivity index (χ4v) is 0.798. The molecule has 0 bridgehead atoms. The molecule has 1 aromatic heterocycles. The summed E-state index contributed by atoms with van der Waals surface area (Å²) in [5, 5.41) is 11.2. The van der Waals surface area contributed by atoms with Crippen molar-refractivity contribution in [1.82, 2.24) is 9.97 Å². The predicted octanol–water partition coefficient (Wildman–Crippen LogP) is 1.36. The fourth-order valence-electron chi connectivity index (χ4n) is 0.798. The maximum absolute atomic E-state index is 10.1. The molecule has 0 fully saturated rings. The van der Waals surface area contributed by atoms with Gasteiger partial charge in [-0.25, -0.2) is 14.8 Å². The smallest absolute Gasteiger partial charge is 0.449 e. The predicted molar refractivity (Wildman–Crippen MR) is 49.5 cm³/mol. The van der Waals surface area contributed by atoms with E-state index in [0.29, 0.717) is 5.95 Å². The van der Waals surface area contributed by atoms with Crippen LogP contribution in [0.3, 0.4) is 0 Å². The number of hydrogen-bond acceptors (Lipinski definition) is 5. The van der Waals surface area contributed by atoms with Crippen LogP contribution in [0.1, 0.15) is 13.3 Å². The van der Waals surface area contributed by atoms with Crippen LogP contribution < -0.4 is 10.1 Å². The molecule has 0 spiro atoms. The molecule has 0 atom stereocenters. The van der Waals surface area contributed by atoms with Crippen LogP contribution in [0.15, 0.2) is 12.4 Å². The molecule has 0 aliphatic carbocycles. The Labute approximate surface area is 80.9 Å². The Morgan fingerprint density at radius 3 is 2.71 bits per heavy atom. The monoisotopic (exact) mass is 197 g/mol. The third-order valence-electron chi connectivity index (χ3n) is 1.37. The summed E-state index contributed by atoms with van der Waals surface area (Å²) in [6, 6.07) is 0. The quantitative estimate of drug-likeness (QED) is 0.709. The number of carboxylic acid groups (broad SMARTS) is 1. The highest BCUT2D eigenvalue weighted by Gasteiger charge is 2.01. The molecule has 6 nitrogen and oxygen atoms in total. The second-order valence-corrected chi connectivity index (χ2v) is 2.54. The molecule has 1 heterocycles. The summed E-state index contributed by atoms with van der Waals surface area (Å²) in [5.74, 6) is 0.573. The van der Waals surface area contributed by atoms with Gasteiger partial charge in [-0.15, -0.1) is 0 Å². The summed E-state index contributed by atoms with van der Waals surface area (Å²) in [6.45, 7) is 2.80. The molecule has 6 heteroatoms. The van der Waals surface area contributed by atoms with Crippen LogP contribution in [0.25, 0.3) is 0 Å². The Balaban J connectivity index is 2.54. The van der Waals surface area contributed by atoms with E-state index in [1.165, 1.54) is 12.4 Å². The molecular formula is C8H11N3O3. The van der Waals surface area contributed by atoms with Crippen molar-refractivity contribution in [3.63, 3.8) is 0 Å². The summed E-state index contributed by atoms with van der Waals surface area (Å²) in [5.41, 5.74) is 0. The molecule has 0 aliphatic rings. The van der Waals surface area contributed by atoms with Crippen molar-refractivity contribution in [2.75, 3.05) is 11.9 Å². The minimum absolute atomic E-state index is 0.111. The lowest BCUT2D eigenvalue weighted by Crippen LogP contribution is -2.06. The Kier molecular flexibility index (Phi) is 3.66. The van der Waals surface area contributed by atoms with Crippen LogP contribution in [0.2, 0.25) is 0 Å².